The van der Waals surface area contributed by atoms with Crippen LogP contribution in [0.15, 0.2) is 18.2 Å². The zero-order valence-electron chi connectivity index (χ0n) is 7.91. The Bertz CT molecular complexity index is 475. The van der Waals surface area contributed by atoms with E-state index in [1.54, 1.807) is 0 Å². The second-order valence-corrected chi connectivity index (χ2v) is 4.27. The Labute approximate surface area is 101 Å². The molecule has 1 aromatic rings. The lowest BCUT2D eigenvalue weighted by Crippen LogP contribution is -2.15. The maximum Gasteiger partial charge on any atom is 0.322 e. The molecule has 0 spiro atoms. The second kappa shape index (κ2) is 4.05. The number of carbonyl (C=O) groups is 2. The van der Waals surface area contributed by atoms with Crippen LogP contribution in [0.1, 0.15) is 10.4 Å². The Kier molecular flexibility index (Phi) is 2.88. The standard InChI is InChI=1S/C10H7Cl2NO3/c11-5-2-1-4(3-6(5)12)9(14)7-8(13-7)10(15)16/h1-3,7-8,13H,(H,15,16). The molecule has 0 radical (unpaired) electrons. The van der Waals surface area contributed by atoms with Gasteiger partial charge in [-0.2, -0.15) is 0 Å². The lowest BCUT2D eigenvalue weighted by atomic mass is 10.1. The minimum atomic E-state index is -1.03. The Morgan fingerprint density at radius 3 is 2.38 bits per heavy atom. The molecule has 1 aliphatic heterocycles. The zero-order valence-corrected chi connectivity index (χ0v) is 9.42. The van der Waals surface area contributed by atoms with Crippen molar-refractivity contribution in [3.8, 4) is 0 Å². The number of rotatable bonds is 3. The fraction of sp³-hybridized carbons (Fsp3) is 0.200. The maximum atomic E-state index is 11.8. The highest BCUT2D eigenvalue weighted by Crippen LogP contribution is 2.25. The van der Waals surface area contributed by atoms with Gasteiger partial charge in [-0.25, -0.2) is 0 Å². The largest absolute Gasteiger partial charge is 0.480 e. The highest BCUT2D eigenvalue weighted by Gasteiger charge is 2.47. The number of carboxylic acid groups (broad SMARTS) is 1. The Morgan fingerprint density at radius 1 is 1.19 bits per heavy atom. The second-order valence-electron chi connectivity index (χ2n) is 3.45. The van der Waals surface area contributed by atoms with E-state index in [1.165, 1.54) is 18.2 Å². The number of carbonyl (C=O) groups excluding carboxylic acids is 1. The average molecular weight is 260 g/mol. The summed E-state index contributed by atoms with van der Waals surface area (Å²) in [6, 6.07) is 3.02. The van der Waals surface area contributed by atoms with Gasteiger partial charge in [-0.1, -0.05) is 23.2 Å². The van der Waals surface area contributed by atoms with Crippen molar-refractivity contribution in [2.24, 2.45) is 0 Å². The third-order valence-electron chi connectivity index (χ3n) is 2.34. The van der Waals surface area contributed by atoms with E-state index in [9.17, 15) is 9.59 Å². The molecule has 2 unspecified atom stereocenters. The van der Waals surface area contributed by atoms with E-state index in [0.29, 0.717) is 10.6 Å². The summed E-state index contributed by atoms with van der Waals surface area (Å²) in [7, 11) is 0. The van der Waals surface area contributed by atoms with Crippen molar-refractivity contribution >= 4 is 35.0 Å². The van der Waals surface area contributed by atoms with E-state index in [1.807, 2.05) is 0 Å². The zero-order chi connectivity index (χ0) is 11.9. The van der Waals surface area contributed by atoms with Gasteiger partial charge in [-0.05, 0) is 18.2 Å². The molecule has 4 nitrogen and oxygen atoms in total. The monoisotopic (exact) mass is 259 g/mol. The molecule has 2 N–H and O–H groups in total. The molecule has 0 aliphatic carbocycles. The van der Waals surface area contributed by atoms with Gasteiger partial charge in [0.1, 0.15) is 6.04 Å². The Balaban J connectivity index is 2.17. The van der Waals surface area contributed by atoms with E-state index < -0.39 is 18.1 Å². The van der Waals surface area contributed by atoms with Crippen LogP contribution in [0.3, 0.4) is 0 Å². The van der Waals surface area contributed by atoms with Crippen molar-refractivity contribution in [2.75, 3.05) is 0 Å². The first-order valence-electron chi connectivity index (χ1n) is 4.49. The molecule has 0 saturated carbocycles. The molecule has 0 aromatic heterocycles. The van der Waals surface area contributed by atoms with Crippen molar-refractivity contribution in [2.45, 2.75) is 12.1 Å². The number of aliphatic carboxylic acids is 1. The fourth-order valence-corrected chi connectivity index (χ4v) is 1.71. The number of hydrogen-bond acceptors (Lipinski definition) is 3. The van der Waals surface area contributed by atoms with Gasteiger partial charge in [0.15, 0.2) is 5.78 Å². The first-order valence-corrected chi connectivity index (χ1v) is 5.24. The highest BCUT2D eigenvalue weighted by molar-refractivity contribution is 6.42. The number of nitrogens with one attached hydrogen (secondary N) is 1. The van der Waals surface area contributed by atoms with Gasteiger partial charge < -0.3 is 5.11 Å². The predicted octanol–water partition coefficient (Wildman–Crippen LogP) is 1.60. The van der Waals surface area contributed by atoms with E-state index in [4.69, 9.17) is 28.3 Å². The normalized spacial score (nSPS) is 22.9. The molecule has 6 heteroatoms. The summed E-state index contributed by atoms with van der Waals surface area (Å²) >= 11 is 11.5. The van der Waals surface area contributed by atoms with Gasteiger partial charge in [-0.15, -0.1) is 0 Å². The third-order valence-corrected chi connectivity index (χ3v) is 3.08. The van der Waals surface area contributed by atoms with Crippen LogP contribution in [0.2, 0.25) is 10.0 Å². The van der Waals surface area contributed by atoms with Gasteiger partial charge in [0.25, 0.3) is 0 Å². The molecule has 1 saturated heterocycles. The Morgan fingerprint density at radius 2 is 1.88 bits per heavy atom. The summed E-state index contributed by atoms with van der Waals surface area (Å²) in [5.74, 6) is -1.32. The van der Waals surface area contributed by atoms with Gasteiger partial charge in [-0.3, -0.25) is 14.9 Å². The smallest absolute Gasteiger partial charge is 0.322 e. The summed E-state index contributed by atoms with van der Waals surface area (Å²) in [5, 5.41) is 11.9. The van der Waals surface area contributed by atoms with Crippen LogP contribution in [0, 0.1) is 0 Å². The molecule has 0 bridgehead atoms. The van der Waals surface area contributed by atoms with Gasteiger partial charge in [0, 0.05) is 5.56 Å². The molecule has 84 valence electrons. The lowest BCUT2D eigenvalue weighted by molar-refractivity contribution is -0.136. The first kappa shape index (κ1) is 11.4. The lowest BCUT2D eigenvalue weighted by Gasteiger charge is -2.00. The quantitative estimate of drug-likeness (QED) is 0.639. The molecule has 2 atom stereocenters. The molecule has 1 aliphatic rings. The topological polar surface area (TPSA) is 76.3 Å². The van der Waals surface area contributed by atoms with Gasteiger partial charge in [0.2, 0.25) is 0 Å². The number of halogens is 2. The summed E-state index contributed by atoms with van der Waals surface area (Å²) in [5.41, 5.74) is 0.357. The number of Topliss-reactive ketones (excluding diaryl/α,β-unsaturated/α-hetero) is 1. The maximum absolute atomic E-state index is 11.8. The van der Waals surface area contributed by atoms with Gasteiger partial charge >= 0.3 is 5.97 Å². The third kappa shape index (κ3) is 2.04. The van der Waals surface area contributed by atoms with Crippen LogP contribution in [-0.2, 0) is 4.79 Å². The molecule has 1 heterocycles. The van der Waals surface area contributed by atoms with Crippen LogP contribution >= 0.6 is 23.2 Å². The predicted molar refractivity (Wildman–Crippen MR) is 59.1 cm³/mol. The van der Waals surface area contributed by atoms with Crippen molar-refractivity contribution in [3.05, 3.63) is 33.8 Å². The number of carboxylic acids is 1. The van der Waals surface area contributed by atoms with Crippen molar-refractivity contribution in [1.29, 1.82) is 0 Å². The summed E-state index contributed by atoms with van der Waals surface area (Å²) in [6.45, 7) is 0. The SMILES string of the molecule is O=C(O)C1NC1C(=O)c1ccc(Cl)c(Cl)c1. The van der Waals surface area contributed by atoms with Crippen LogP contribution in [-0.4, -0.2) is 28.9 Å². The van der Waals surface area contributed by atoms with Gasteiger partial charge in [0.05, 0.1) is 16.1 Å². The number of benzene rings is 1. The highest BCUT2D eigenvalue weighted by atomic mass is 35.5. The van der Waals surface area contributed by atoms with E-state index in [0.717, 1.165) is 0 Å². The van der Waals surface area contributed by atoms with Crippen LogP contribution in [0.5, 0.6) is 0 Å². The summed E-state index contributed by atoms with van der Waals surface area (Å²) in [6.07, 6.45) is 0. The fourth-order valence-electron chi connectivity index (χ4n) is 1.41. The molecular weight excluding hydrogens is 253 g/mol. The van der Waals surface area contributed by atoms with E-state index in [-0.39, 0.29) is 10.8 Å². The minimum absolute atomic E-state index is 0.278. The average Bonchev–Trinajstić information content (AvgIpc) is 3.01. The minimum Gasteiger partial charge on any atom is -0.480 e. The van der Waals surface area contributed by atoms with Crippen molar-refractivity contribution < 1.29 is 14.7 Å². The van der Waals surface area contributed by atoms with Crippen LogP contribution in [0.25, 0.3) is 0 Å². The van der Waals surface area contributed by atoms with Crippen molar-refractivity contribution in [1.82, 2.24) is 5.32 Å². The Hall–Kier alpha value is -1.10. The molecule has 1 fully saturated rings. The van der Waals surface area contributed by atoms with Crippen molar-refractivity contribution in [3.63, 3.8) is 0 Å². The van der Waals surface area contributed by atoms with E-state index >= 15 is 0 Å². The van der Waals surface area contributed by atoms with E-state index in [2.05, 4.69) is 5.32 Å². The number of hydrogen-bond donors (Lipinski definition) is 2. The molecular formula is C10H7Cl2NO3. The molecule has 1 aromatic carbocycles. The first-order chi connectivity index (χ1) is 7.50. The molecule has 0 amide bonds. The molecule has 16 heavy (non-hydrogen) atoms. The number of ketones is 1. The molecule has 2 rings (SSSR count). The van der Waals surface area contributed by atoms with Crippen LogP contribution < -0.4 is 5.32 Å². The van der Waals surface area contributed by atoms with Crippen LogP contribution in [0.4, 0.5) is 0 Å². The summed E-state index contributed by atoms with van der Waals surface area (Å²) < 4.78 is 0. The summed E-state index contributed by atoms with van der Waals surface area (Å²) in [4.78, 5) is 22.3.